The maximum atomic E-state index is 10.3. The summed E-state index contributed by atoms with van der Waals surface area (Å²) >= 11 is 0. The first-order valence-electron chi connectivity index (χ1n) is 6.95. The lowest BCUT2D eigenvalue weighted by Gasteiger charge is -2.42. The van der Waals surface area contributed by atoms with Crippen LogP contribution in [0, 0.1) is 0 Å². The normalized spacial score (nSPS) is 27.4. The summed E-state index contributed by atoms with van der Waals surface area (Å²) in [5, 5.41) is 10.3. The second-order valence-electron chi connectivity index (χ2n) is 7.69. The van der Waals surface area contributed by atoms with E-state index in [4.69, 9.17) is 0 Å². The molecule has 2 N–H and O–H groups in total. The molecule has 1 fully saturated rings. The molecule has 1 rings (SSSR count). The second-order valence-corrected chi connectivity index (χ2v) is 7.69. The molecule has 0 saturated carbocycles. The van der Waals surface area contributed by atoms with E-state index in [1.54, 1.807) is 0 Å². The van der Waals surface area contributed by atoms with Crippen LogP contribution in [0.4, 0.5) is 0 Å². The van der Waals surface area contributed by atoms with Crippen LogP contribution in [0.2, 0.25) is 0 Å². The van der Waals surface area contributed by atoms with Gasteiger partial charge in [-0.15, -0.1) is 0 Å². The van der Waals surface area contributed by atoms with E-state index in [2.05, 4.69) is 53.0 Å². The summed E-state index contributed by atoms with van der Waals surface area (Å²) in [6, 6.07) is 0. The summed E-state index contributed by atoms with van der Waals surface area (Å²) in [7, 11) is 0. The van der Waals surface area contributed by atoms with Gasteiger partial charge in [-0.1, -0.05) is 6.58 Å². The van der Waals surface area contributed by atoms with Crippen molar-refractivity contribution in [2.24, 2.45) is 0 Å². The van der Waals surface area contributed by atoms with Crippen molar-refractivity contribution in [1.82, 2.24) is 4.90 Å². The molecule has 0 aromatic rings. The van der Waals surface area contributed by atoms with E-state index in [0.29, 0.717) is 0 Å². The van der Waals surface area contributed by atoms with Crippen molar-refractivity contribution >= 4 is 0 Å². The first-order valence-corrected chi connectivity index (χ1v) is 6.95. The van der Waals surface area contributed by atoms with Gasteiger partial charge < -0.3 is 34.0 Å². The van der Waals surface area contributed by atoms with Gasteiger partial charge in [0, 0.05) is 18.6 Å². The number of aliphatic hydroxyl groups excluding tert-OH is 1. The Bertz CT molecular complexity index is 276. The number of hydrogen-bond acceptors (Lipinski definition) is 2. The Morgan fingerprint density at radius 2 is 1.74 bits per heavy atom. The fourth-order valence-corrected chi connectivity index (χ4v) is 2.45. The van der Waals surface area contributed by atoms with Crippen LogP contribution in [0.5, 0.6) is 0 Å². The largest absolute Gasteiger partial charge is 1.00 e. The molecule has 2 atom stereocenters. The van der Waals surface area contributed by atoms with Crippen molar-refractivity contribution in [3.8, 4) is 0 Å². The molecule has 4 heteroatoms. The third-order valence-electron chi connectivity index (χ3n) is 3.80. The molecule has 0 spiro atoms. The van der Waals surface area contributed by atoms with Gasteiger partial charge in [0.15, 0.2) is 0 Å². The van der Waals surface area contributed by atoms with Crippen molar-refractivity contribution in [2.45, 2.75) is 58.7 Å². The number of nitrogens with one attached hydrogen (secondary N) is 1. The summed E-state index contributed by atoms with van der Waals surface area (Å²) in [4.78, 5) is 3.76. The Balaban J connectivity index is 0.00000324. The third kappa shape index (κ3) is 6.10. The Labute approximate surface area is 136 Å². The molecule has 1 heterocycles. The minimum Gasteiger partial charge on any atom is -1.00 e. The fourth-order valence-electron chi connectivity index (χ4n) is 2.45. The zero-order valence-corrected chi connectivity index (χ0v) is 15.5. The van der Waals surface area contributed by atoms with Crippen molar-refractivity contribution in [2.75, 3.05) is 26.2 Å². The summed E-state index contributed by atoms with van der Waals surface area (Å²) in [6.45, 7) is 20.9. The van der Waals surface area contributed by atoms with Crippen LogP contribution in [0.1, 0.15) is 41.5 Å². The average molecular weight is 382 g/mol. The molecule has 0 bridgehead atoms. The van der Waals surface area contributed by atoms with Gasteiger partial charge in [-0.05, 0) is 47.1 Å². The molecular formula is C15H31IN2O. The lowest BCUT2D eigenvalue weighted by molar-refractivity contribution is -0.945. The van der Waals surface area contributed by atoms with Crippen molar-refractivity contribution in [3.05, 3.63) is 12.2 Å². The van der Waals surface area contributed by atoms with E-state index >= 15 is 0 Å². The van der Waals surface area contributed by atoms with Crippen LogP contribution in [0.15, 0.2) is 12.2 Å². The predicted molar refractivity (Wildman–Crippen MR) is 76.9 cm³/mol. The number of aliphatic hydroxyl groups is 1. The molecule has 114 valence electrons. The SMILES string of the molecule is C=C1CN(C(C)(C)C)C[C@H](O)C[NH+](C(C)(C)C)C1.[I-]. The molecule has 0 aromatic heterocycles. The molecule has 3 nitrogen and oxygen atoms in total. The van der Waals surface area contributed by atoms with Gasteiger partial charge >= 0.3 is 0 Å². The van der Waals surface area contributed by atoms with Crippen LogP contribution in [0.25, 0.3) is 0 Å². The number of quaternary nitrogens is 1. The minimum atomic E-state index is -0.258. The summed E-state index contributed by atoms with van der Waals surface area (Å²) < 4.78 is 0. The zero-order valence-electron chi connectivity index (χ0n) is 13.4. The van der Waals surface area contributed by atoms with E-state index in [0.717, 1.165) is 26.2 Å². The zero-order chi connectivity index (χ0) is 14.1. The number of hydrogen-bond donors (Lipinski definition) is 2. The molecule has 19 heavy (non-hydrogen) atoms. The van der Waals surface area contributed by atoms with E-state index in [-0.39, 0.29) is 41.2 Å². The highest BCUT2D eigenvalue weighted by Crippen LogP contribution is 2.16. The molecule has 1 saturated heterocycles. The Morgan fingerprint density at radius 3 is 2.16 bits per heavy atom. The van der Waals surface area contributed by atoms with E-state index in [9.17, 15) is 5.11 Å². The van der Waals surface area contributed by atoms with Gasteiger partial charge in [0.05, 0.1) is 5.54 Å². The van der Waals surface area contributed by atoms with E-state index < -0.39 is 0 Å². The van der Waals surface area contributed by atoms with Crippen LogP contribution < -0.4 is 28.9 Å². The monoisotopic (exact) mass is 382 g/mol. The van der Waals surface area contributed by atoms with Crippen LogP contribution in [0.3, 0.4) is 0 Å². The molecule has 0 radical (unpaired) electrons. The Hall–Kier alpha value is 0.350. The highest BCUT2D eigenvalue weighted by Gasteiger charge is 2.33. The predicted octanol–water partition coefficient (Wildman–Crippen LogP) is -2.29. The van der Waals surface area contributed by atoms with Gasteiger partial charge in [0.25, 0.3) is 0 Å². The van der Waals surface area contributed by atoms with Gasteiger partial charge in [0.1, 0.15) is 19.2 Å². The number of halogens is 1. The van der Waals surface area contributed by atoms with Gasteiger partial charge in [0.2, 0.25) is 0 Å². The van der Waals surface area contributed by atoms with Gasteiger partial charge in [-0.25, -0.2) is 0 Å². The number of β-amino-alcohol motifs (C(OH)–C–C–N with tert-alkyl or cyclic N) is 1. The molecule has 0 aromatic carbocycles. The molecular weight excluding hydrogens is 351 g/mol. The van der Waals surface area contributed by atoms with Crippen molar-refractivity contribution in [3.63, 3.8) is 0 Å². The highest BCUT2D eigenvalue weighted by atomic mass is 127. The third-order valence-corrected chi connectivity index (χ3v) is 3.80. The molecule has 1 unspecified atom stereocenters. The summed E-state index contributed by atoms with van der Waals surface area (Å²) in [6.07, 6.45) is -0.258. The maximum absolute atomic E-state index is 10.3. The first kappa shape index (κ1) is 19.4. The van der Waals surface area contributed by atoms with Crippen molar-refractivity contribution in [1.29, 1.82) is 0 Å². The maximum Gasteiger partial charge on any atom is 0.115 e. The lowest BCUT2D eigenvalue weighted by Crippen LogP contribution is -3.20. The summed E-state index contributed by atoms with van der Waals surface area (Å²) in [5.74, 6) is 0. The molecule has 0 amide bonds. The minimum absolute atomic E-state index is 0. The van der Waals surface area contributed by atoms with Gasteiger partial charge in [-0.2, -0.15) is 0 Å². The van der Waals surface area contributed by atoms with E-state index in [1.165, 1.54) is 10.5 Å². The topological polar surface area (TPSA) is 27.9 Å². The highest BCUT2D eigenvalue weighted by molar-refractivity contribution is 5.01. The standard InChI is InChI=1S/C15H30N2O.HI/c1-12-8-16(14(2,3)4)10-13(18)11-17(9-12)15(5,6)7;/h13,18H,1,8-11H2,2-7H3;1H. The van der Waals surface area contributed by atoms with Gasteiger partial charge in [-0.3, -0.25) is 4.90 Å². The molecule has 1 aliphatic rings. The lowest BCUT2D eigenvalue weighted by atomic mass is 9.99. The second kappa shape index (κ2) is 6.87. The smallest absolute Gasteiger partial charge is 0.115 e. The number of rotatable bonds is 0. The van der Waals surface area contributed by atoms with Crippen LogP contribution in [-0.4, -0.2) is 53.4 Å². The van der Waals surface area contributed by atoms with E-state index in [1.807, 2.05) is 0 Å². The molecule has 1 aliphatic heterocycles. The van der Waals surface area contributed by atoms with Crippen LogP contribution in [-0.2, 0) is 0 Å². The molecule has 0 aliphatic carbocycles. The van der Waals surface area contributed by atoms with Crippen LogP contribution >= 0.6 is 0 Å². The Morgan fingerprint density at radius 1 is 1.21 bits per heavy atom. The average Bonchev–Trinajstić information content (AvgIpc) is 2.09. The first-order chi connectivity index (χ1) is 8.00. The van der Waals surface area contributed by atoms with Crippen molar-refractivity contribution < 1.29 is 34.0 Å². The summed E-state index contributed by atoms with van der Waals surface area (Å²) in [5.41, 5.74) is 1.51. The fraction of sp³-hybridized carbons (Fsp3) is 0.867. The quantitative estimate of drug-likeness (QED) is 0.365. The number of nitrogens with zero attached hydrogens (tertiary/aromatic N) is 1. The Kier molecular flexibility index (Phi) is 7.00.